The van der Waals surface area contributed by atoms with Crippen LogP contribution in [-0.2, 0) is 13.0 Å². The lowest BCUT2D eigenvalue weighted by molar-refractivity contribution is 0.199. The maximum absolute atomic E-state index is 12.3. The summed E-state index contributed by atoms with van der Waals surface area (Å²) in [6, 6.07) is 12.1. The van der Waals surface area contributed by atoms with E-state index in [1.807, 2.05) is 55.6 Å². The minimum atomic E-state index is -0.0526. The smallest absolute Gasteiger partial charge is 0.317 e. The van der Waals surface area contributed by atoms with E-state index < -0.39 is 0 Å². The Balaban J connectivity index is 1.49. The fourth-order valence-electron chi connectivity index (χ4n) is 2.58. The molecule has 1 aromatic carbocycles. The summed E-state index contributed by atoms with van der Waals surface area (Å²) >= 11 is 1.66. The zero-order chi connectivity index (χ0) is 18.4. The van der Waals surface area contributed by atoms with Crippen LogP contribution in [0.3, 0.4) is 0 Å². The van der Waals surface area contributed by atoms with Crippen LogP contribution in [0.15, 0.2) is 52.5 Å². The number of carbonyl (C=O) groups is 1. The van der Waals surface area contributed by atoms with Crippen LogP contribution in [0.4, 0.5) is 4.79 Å². The molecular weight excluding hydrogens is 346 g/mol. The summed E-state index contributed by atoms with van der Waals surface area (Å²) in [4.78, 5) is 19.8. The van der Waals surface area contributed by atoms with Gasteiger partial charge in [0.15, 0.2) is 0 Å². The third kappa shape index (κ3) is 4.73. The third-order valence-electron chi connectivity index (χ3n) is 4.10. The molecule has 3 rings (SSSR count). The molecule has 26 heavy (non-hydrogen) atoms. The molecule has 5 nitrogen and oxygen atoms in total. The van der Waals surface area contributed by atoms with Crippen molar-refractivity contribution in [3.8, 4) is 11.5 Å². The zero-order valence-electron chi connectivity index (χ0n) is 15.1. The number of amides is 2. The molecule has 136 valence electrons. The Labute approximate surface area is 157 Å². The molecule has 2 amide bonds. The van der Waals surface area contributed by atoms with Crippen molar-refractivity contribution in [1.82, 2.24) is 15.2 Å². The maximum Gasteiger partial charge on any atom is 0.317 e. The van der Waals surface area contributed by atoms with Crippen molar-refractivity contribution in [2.75, 3.05) is 13.1 Å². The van der Waals surface area contributed by atoms with Gasteiger partial charge in [-0.2, -0.15) is 0 Å². The van der Waals surface area contributed by atoms with Crippen LogP contribution in [0.1, 0.15) is 23.1 Å². The Bertz CT molecular complexity index is 825. The van der Waals surface area contributed by atoms with Crippen molar-refractivity contribution < 1.29 is 9.21 Å². The van der Waals surface area contributed by atoms with Crippen molar-refractivity contribution in [1.29, 1.82) is 0 Å². The summed E-state index contributed by atoms with van der Waals surface area (Å²) in [5.41, 5.74) is 2.99. The average Bonchev–Trinajstić information content (AvgIpc) is 3.32. The average molecular weight is 369 g/mol. The van der Waals surface area contributed by atoms with Gasteiger partial charge >= 0.3 is 6.03 Å². The monoisotopic (exact) mass is 369 g/mol. The Kier molecular flexibility index (Phi) is 6.07. The van der Waals surface area contributed by atoms with E-state index in [2.05, 4.69) is 10.3 Å². The van der Waals surface area contributed by atoms with Gasteiger partial charge in [0.05, 0.1) is 12.2 Å². The number of oxazole rings is 1. The number of hydrogen-bond acceptors (Lipinski definition) is 4. The summed E-state index contributed by atoms with van der Waals surface area (Å²) < 4.78 is 5.55. The van der Waals surface area contributed by atoms with Gasteiger partial charge in [-0.05, 0) is 37.4 Å². The molecule has 0 aliphatic heterocycles. The lowest BCUT2D eigenvalue weighted by atomic mass is 10.1. The van der Waals surface area contributed by atoms with Gasteiger partial charge in [-0.1, -0.05) is 23.8 Å². The molecule has 2 aromatic heterocycles. The third-order valence-corrected chi connectivity index (χ3v) is 4.96. The highest BCUT2D eigenvalue weighted by molar-refractivity contribution is 7.09. The fraction of sp³-hybridized carbons (Fsp3) is 0.300. The molecule has 0 fully saturated rings. The first-order valence-corrected chi connectivity index (χ1v) is 9.60. The van der Waals surface area contributed by atoms with Gasteiger partial charge in [0.25, 0.3) is 0 Å². The predicted molar refractivity (Wildman–Crippen MR) is 104 cm³/mol. The quantitative estimate of drug-likeness (QED) is 0.668. The zero-order valence-corrected chi connectivity index (χ0v) is 15.9. The SMILES string of the molecule is CCN(Cc1cccs1)C(=O)NCCc1coc(-c2ccc(C)cc2)n1. The van der Waals surface area contributed by atoms with E-state index in [4.69, 9.17) is 4.42 Å². The standard InChI is InChI=1S/C20H23N3O2S/c1-3-23(13-18-5-4-12-26-18)20(24)21-11-10-17-14-25-19(22-17)16-8-6-15(2)7-9-16/h4-9,12,14H,3,10-11,13H2,1-2H3,(H,21,24). The minimum Gasteiger partial charge on any atom is -0.444 e. The molecule has 0 aliphatic rings. The normalized spacial score (nSPS) is 10.7. The number of nitrogens with zero attached hydrogens (tertiary/aromatic N) is 2. The first-order valence-electron chi connectivity index (χ1n) is 8.72. The fourth-order valence-corrected chi connectivity index (χ4v) is 3.30. The number of urea groups is 1. The van der Waals surface area contributed by atoms with Gasteiger partial charge in [-0.3, -0.25) is 0 Å². The van der Waals surface area contributed by atoms with Crippen LogP contribution >= 0.6 is 11.3 Å². The highest BCUT2D eigenvalue weighted by Crippen LogP contribution is 2.19. The first kappa shape index (κ1) is 18.2. The van der Waals surface area contributed by atoms with Gasteiger partial charge in [0.1, 0.15) is 6.26 Å². The molecule has 2 heterocycles. The summed E-state index contributed by atoms with van der Waals surface area (Å²) in [6.07, 6.45) is 2.29. The van der Waals surface area contributed by atoms with Gasteiger partial charge in [0, 0.05) is 30.0 Å². The number of benzene rings is 1. The van der Waals surface area contributed by atoms with Crippen LogP contribution in [0.25, 0.3) is 11.5 Å². The summed E-state index contributed by atoms with van der Waals surface area (Å²) in [7, 11) is 0. The summed E-state index contributed by atoms with van der Waals surface area (Å²) in [5.74, 6) is 0.610. The van der Waals surface area contributed by atoms with Crippen molar-refractivity contribution in [3.05, 3.63) is 64.2 Å². The summed E-state index contributed by atoms with van der Waals surface area (Å²) in [5, 5.41) is 4.99. The second-order valence-corrected chi connectivity index (χ2v) is 7.12. The van der Waals surface area contributed by atoms with Gasteiger partial charge < -0.3 is 14.6 Å². The van der Waals surface area contributed by atoms with Crippen LogP contribution in [0, 0.1) is 6.92 Å². The number of hydrogen-bond donors (Lipinski definition) is 1. The van der Waals surface area contributed by atoms with E-state index in [0.29, 0.717) is 31.9 Å². The molecule has 3 aromatic rings. The molecule has 0 bridgehead atoms. The largest absolute Gasteiger partial charge is 0.444 e. The van der Waals surface area contributed by atoms with E-state index in [9.17, 15) is 4.79 Å². The van der Waals surface area contributed by atoms with Crippen molar-refractivity contribution >= 4 is 17.4 Å². The Morgan fingerprint density at radius 1 is 1.27 bits per heavy atom. The van der Waals surface area contributed by atoms with Crippen molar-refractivity contribution in [2.45, 2.75) is 26.8 Å². The molecule has 1 N–H and O–H groups in total. The number of nitrogens with one attached hydrogen (secondary N) is 1. The number of rotatable bonds is 7. The van der Waals surface area contributed by atoms with E-state index in [-0.39, 0.29) is 6.03 Å². The van der Waals surface area contributed by atoms with E-state index in [0.717, 1.165) is 11.3 Å². The summed E-state index contributed by atoms with van der Waals surface area (Å²) in [6.45, 7) is 5.87. The highest BCUT2D eigenvalue weighted by Gasteiger charge is 2.13. The van der Waals surface area contributed by atoms with Crippen LogP contribution in [-0.4, -0.2) is 29.0 Å². The Morgan fingerprint density at radius 2 is 2.08 bits per heavy atom. The molecule has 0 saturated carbocycles. The molecule has 0 radical (unpaired) electrons. The van der Waals surface area contributed by atoms with Crippen LogP contribution < -0.4 is 5.32 Å². The maximum atomic E-state index is 12.3. The predicted octanol–water partition coefficient (Wildman–Crippen LogP) is 4.49. The minimum absolute atomic E-state index is 0.0526. The highest BCUT2D eigenvalue weighted by atomic mass is 32.1. The van der Waals surface area contributed by atoms with Crippen molar-refractivity contribution in [2.24, 2.45) is 0 Å². The Morgan fingerprint density at radius 3 is 2.77 bits per heavy atom. The lowest BCUT2D eigenvalue weighted by Crippen LogP contribution is -2.40. The van der Waals surface area contributed by atoms with Crippen LogP contribution in [0.5, 0.6) is 0 Å². The van der Waals surface area contributed by atoms with Crippen molar-refractivity contribution in [3.63, 3.8) is 0 Å². The molecule has 0 unspecified atom stereocenters. The molecule has 0 saturated heterocycles. The topological polar surface area (TPSA) is 58.4 Å². The van der Waals surface area contributed by atoms with Gasteiger partial charge in [-0.25, -0.2) is 9.78 Å². The molecule has 0 spiro atoms. The van der Waals surface area contributed by atoms with E-state index >= 15 is 0 Å². The second-order valence-electron chi connectivity index (χ2n) is 6.09. The molecular formula is C20H23N3O2S. The lowest BCUT2D eigenvalue weighted by Gasteiger charge is -2.20. The van der Waals surface area contributed by atoms with Gasteiger partial charge in [-0.15, -0.1) is 11.3 Å². The van der Waals surface area contributed by atoms with E-state index in [1.165, 1.54) is 10.4 Å². The molecule has 0 atom stereocenters. The Hall–Kier alpha value is -2.60. The number of thiophene rings is 1. The number of aromatic nitrogens is 1. The molecule has 6 heteroatoms. The van der Waals surface area contributed by atoms with Gasteiger partial charge in [0.2, 0.25) is 5.89 Å². The van der Waals surface area contributed by atoms with Crippen LogP contribution in [0.2, 0.25) is 0 Å². The first-order chi connectivity index (χ1) is 12.7. The number of carbonyl (C=O) groups excluding carboxylic acids is 1. The molecule has 0 aliphatic carbocycles. The number of aryl methyl sites for hydroxylation is 1. The second kappa shape index (κ2) is 8.67. The van der Waals surface area contributed by atoms with E-state index in [1.54, 1.807) is 22.5 Å².